The van der Waals surface area contributed by atoms with E-state index >= 15 is 0 Å². The van der Waals surface area contributed by atoms with E-state index in [1.165, 1.54) is 6.42 Å². The Labute approximate surface area is 102 Å². The fourth-order valence-corrected chi connectivity index (χ4v) is 2.31. The molecule has 17 heavy (non-hydrogen) atoms. The second-order valence-electron chi connectivity index (χ2n) is 4.79. The second-order valence-corrected chi connectivity index (χ2v) is 4.79. The van der Waals surface area contributed by atoms with E-state index in [9.17, 15) is 4.79 Å². The Kier molecular flexibility index (Phi) is 5.22. The molecule has 2 heterocycles. The van der Waals surface area contributed by atoms with Gasteiger partial charge in [-0.2, -0.15) is 0 Å². The van der Waals surface area contributed by atoms with Crippen LogP contribution in [-0.2, 0) is 14.3 Å². The van der Waals surface area contributed by atoms with Crippen LogP contribution in [0, 0.1) is 5.92 Å². The summed E-state index contributed by atoms with van der Waals surface area (Å²) < 4.78 is 10.7. The molecule has 0 bridgehead atoms. The molecule has 1 amide bonds. The Hall–Kier alpha value is -0.650. The summed E-state index contributed by atoms with van der Waals surface area (Å²) in [5.41, 5.74) is 0. The number of ether oxygens (including phenoxy) is 2. The molecule has 2 saturated heterocycles. The maximum absolute atomic E-state index is 11.7. The first-order valence-corrected chi connectivity index (χ1v) is 6.51. The van der Waals surface area contributed by atoms with Crippen molar-refractivity contribution in [3.63, 3.8) is 0 Å². The van der Waals surface area contributed by atoms with E-state index in [2.05, 4.69) is 10.6 Å². The predicted molar refractivity (Wildman–Crippen MR) is 63.8 cm³/mol. The predicted octanol–water partition coefficient (Wildman–Crippen LogP) is -0.0923. The lowest BCUT2D eigenvalue weighted by atomic mass is 9.96. The van der Waals surface area contributed by atoms with Crippen LogP contribution < -0.4 is 10.6 Å². The van der Waals surface area contributed by atoms with Gasteiger partial charge in [0, 0.05) is 13.0 Å². The van der Waals surface area contributed by atoms with Crippen molar-refractivity contribution >= 4 is 5.91 Å². The largest absolute Gasteiger partial charge is 0.376 e. The number of carbonyl (C=O) groups is 1. The van der Waals surface area contributed by atoms with Crippen molar-refractivity contribution < 1.29 is 14.3 Å². The first kappa shape index (κ1) is 12.8. The minimum Gasteiger partial charge on any atom is -0.376 e. The van der Waals surface area contributed by atoms with Crippen molar-refractivity contribution in [2.24, 2.45) is 5.92 Å². The van der Waals surface area contributed by atoms with Gasteiger partial charge in [0.25, 0.3) is 0 Å². The van der Waals surface area contributed by atoms with Crippen LogP contribution in [0.5, 0.6) is 0 Å². The Morgan fingerprint density at radius 2 is 2.35 bits per heavy atom. The van der Waals surface area contributed by atoms with Crippen molar-refractivity contribution in [1.29, 1.82) is 0 Å². The Balaban J connectivity index is 1.59. The lowest BCUT2D eigenvalue weighted by molar-refractivity contribution is -0.125. The lowest BCUT2D eigenvalue weighted by Crippen LogP contribution is -2.41. The summed E-state index contributed by atoms with van der Waals surface area (Å²) in [5, 5.41) is 6.25. The summed E-state index contributed by atoms with van der Waals surface area (Å²) >= 11 is 0. The molecule has 0 saturated carbocycles. The van der Waals surface area contributed by atoms with Gasteiger partial charge in [0.15, 0.2) is 0 Å². The van der Waals surface area contributed by atoms with Crippen LogP contribution in [0.4, 0.5) is 0 Å². The molecule has 5 nitrogen and oxygen atoms in total. The molecule has 0 aromatic carbocycles. The van der Waals surface area contributed by atoms with Gasteiger partial charge in [0.2, 0.25) is 5.91 Å². The minimum atomic E-state index is 0.0252. The SMILES string of the molecule is O=C(CC1CCCNC1)NCC1COCCO1. The number of hydrogen-bond donors (Lipinski definition) is 2. The van der Waals surface area contributed by atoms with Gasteiger partial charge in [-0.15, -0.1) is 0 Å². The number of hydrogen-bond acceptors (Lipinski definition) is 4. The molecule has 0 aromatic heterocycles. The zero-order valence-electron chi connectivity index (χ0n) is 10.2. The Bertz CT molecular complexity index is 236. The van der Waals surface area contributed by atoms with Crippen LogP contribution in [0.2, 0.25) is 0 Å². The van der Waals surface area contributed by atoms with E-state index in [4.69, 9.17) is 9.47 Å². The molecule has 2 N–H and O–H groups in total. The standard InChI is InChI=1S/C12H22N2O3/c15-12(6-10-2-1-3-13-7-10)14-8-11-9-16-4-5-17-11/h10-11,13H,1-9H2,(H,14,15). The molecule has 98 valence electrons. The first-order chi connectivity index (χ1) is 8.34. The number of rotatable bonds is 4. The zero-order valence-corrected chi connectivity index (χ0v) is 10.2. The van der Waals surface area contributed by atoms with Crippen LogP contribution in [0.15, 0.2) is 0 Å². The average Bonchev–Trinajstić information content (AvgIpc) is 2.39. The summed E-state index contributed by atoms with van der Waals surface area (Å²) in [6, 6.07) is 0. The highest BCUT2D eigenvalue weighted by molar-refractivity contribution is 5.76. The second kappa shape index (κ2) is 6.93. The molecule has 2 aliphatic heterocycles. The maximum atomic E-state index is 11.7. The fourth-order valence-electron chi connectivity index (χ4n) is 2.31. The van der Waals surface area contributed by atoms with Gasteiger partial charge >= 0.3 is 0 Å². The van der Waals surface area contributed by atoms with Crippen LogP contribution in [0.25, 0.3) is 0 Å². The first-order valence-electron chi connectivity index (χ1n) is 6.51. The molecule has 2 unspecified atom stereocenters. The maximum Gasteiger partial charge on any atom is 0.220 e. The van der Waals surface area contributed by atoms with Gasteiger partial charge in [-0.25, -0.2) is 0 Å². The van der Waals surface area contributed by atoms with Crippen LogP contribution >= 0.6 is 0 Å². The van der Waals surface area contributed by atoms with Gasteiger partial charge in [0.05, 0.1) is 25.9 Å². The highest BCUT2D eigenvalue weighted by Crippen LogP contribution is 2.13. The molecule has 2 fully saturated rings. The third-order valence-electron chi connectivity index (χ3n) is 3.28. The van der Waals surface area contributed by atoms with Crippen LogP contribution in [0.3, 0.4) is 0 Å². The molecule has 2 atom stereocenters. The summed E-state index contributed by atoms with van der Waals surface area (Å²) in [5.74, 6) is 0.625. The van der Waals surface area contributed by atoms with E-state index in [1.807, 2.05) is 0 Å². The van der Waals surface area contributed by atoms with E-state index in [0.29, 0.717) is 38.7 Å². The highest BCUT2D eigenvalue weighted by atomic mass is 16.6. The molecular weight excluding hydrogens is 220 g/mol. The topological polar surface area (TPSA) is 59.6 Å². The smallest absolute Gasteiger partial charge is 0.220 e. The molecule has 5 heteroatoms. The van der Waals surface area contributed by atoms with Crippen LogP contribution in [0.1, 0.15) is 19.3 Å². The summed E-state index contributed by atoms with van der Waals surface area (Å²) in [7, 11) is 0. The van der Waals surface area contributed by atoms with Gasteiger partial charge in [0.1, 0.15) is 0 Å². The highest BCUT2D eigenvalue weighted by Gasteiger charge is 2.18. The number of amides is 1. The summed E-state index contributed by atoms with van der Waals surface area (Å²) in [4.78, 5) is 11.7. The van der Waals surface area contributed by atoms with E-state index in [0.717, 1.165) is 19.5 Å². The Morgan fingerprint density at radius 1 is 1.41 bits per heavy atom. The van der Waals surface area contributed by atoms with Gasteiger partial charge < -0.3 is 20.1 Å². The number of carbonyl (C=O) groups excluding carboxylic acids is 1. The summed E-state index contributed by atoms with van der Waals surface area (Å²) in [6.07, 6.45) is 2.99. The third-order valence-corrected chi connectivity index (χ3v) is 3.28. The van der Waals surface area contributed by atoms with Crippen molar-refractivity contribution in [1.82, 2.24) is 10.6 Å². The van der Waals surface area contributed by atoms with Crippen molar-refractivity contribution in [3.8, 4) is 0 Å². The van der Waals surface area contributed by atoms with Gasteiger partial charge in [-0.1, -0.05) is 0 Å². The molecular formula is C12H22N2O3. The van der Waals surface area contributed by atoms with Gasteiger partial charge in [-0.3, -0.25) is 4.79 Å². The van der Waals surface area contributed by atoms with Crippen molar-refractivity contribution in [2.45, 2.75) is 25.4 Å². The lowest BCUT2D eigenvalue weighted by Gasteiger charge is -2.24. The third kappa shape index (κ3) is 4.61. The monoisotopic (exact) mass is 242 g/mol. The normalized spacial score (nSPS) is 29.9. The minimum absolute atomic E-state index is 0.0252. The molecule has 0 aliphatic carbocycles. The van der Waals surface area contributed by atoms with Crippen molar-refractivity contribution in [2.75, 3.05) is 39.5 Å². The zero-order chi connectivity index (χ0) is 11.9. The average molecular weight is 242 g/mol. The summed E-state index contributed by atoms with van der Waals surface area (Å²) in [6.45, 7) is 4.51. The van der Waals surface area contributed by atoms with Crippen molar-refractivity contribution in [3.05, 3.63) is 0 Å². The quantitative estimate of drug-likeness (QED) is 0.723. The van der Waals surface area contributed by atoms with E-state index in [-0.39, 0.29) is 12.0 Å². The number of nitrogens with one attached hydrogen (secondary N) is 2. The molecule has 0 radical (unpaired) electrons. The molecule has 0 aromatic rings. The molecule has 2 rings (SSSR count). The fraction of sp³-hybridized carbons (Fsp3) is 0.917. The molecule has 2 aliphatic rings. The van der Waals surface area contributed by atoms with E-state index < -0.39 is 0 Å². The Morgan fingerprint density at radius 3 is 3.06 bits per heavy atom. The van der Waals surface area contributed by atoms with Crippen LogP contribution in [-0.4, -0.2) is 51.5 Å². The van der Waals surface area contributed by atoms with Gasteiger partial charge in [-0.05, 0) is 31.8 Å². The van der Waals surface area contributed by atoms with E-state index in [1.54, 1.807) is 0 Å². The number of piperidine rings is 1. The molecule has 0 spiro atoms.